The first-order valence-corrected chi connectivity index (χ1v) is 8.17. The molecule has 0 aromatic heterocycles. The number of unbranched alkanes of at least 4 members (excludes halogenated alkanes) is 1. The maximum atomic E-state index is 12.4. The van der Waals surface area contributed by atoms with Crippen LogP contribution in [0.3, 0.4) is 0 Å². The summed E-state index contributed by atoms with van der Waals surface area (Å²) in [6.45, 7) is 10.2. The van der Waals surface area contributed by atoms with Gasteiger partial charge in [-0.1, -0.05) is 47.5 Å². The number of hydrogen-bond acceptors (Lipinski definition) is 3. The van der Waals surface area contributed by atoms with E-state index in [1.54, 1.807) is 0 Å². The van der Waals surface area contributed by atoms with E-state index in [4.69, 9.17) is 4.18 Å². The highest BCUT2D eigenvalue weighted by molar-refractivity contribution is 7.88. The topological polar surface area (TPSA) is 43.4 Å². The Morgan fingerprint density at radius 1 is 1.12 bits per heavy atom. The molecule has 0 radical (unpaired) electrons. The van der Waals surface area contributed by atoms with Crippen LogP contribution < -0.4 is 0 Å². The summed E-state index contributed by atoms with van der Waals surface area (Å²) >= 11 is 0. The third-order valence-corrected chi connectivity index (χ3v) is 6.00. The summed E-state index contributed by atoms with van der Waals surface area (Å²) in [5.74, 6) is 0.0825. The van der Waals surface area contributed by atoms with E-state index >= 15 is 0 Å². The third-order valence-electron chi connectivity index (χ3n) is 3.56. The van der Waals surface area contributed by atoms with Crippen molar-refractivity contribution >= 4 is 10.1 Å². The van der Waals surface area contributed by atoms with Crippen LogP contribution in [0.15, 0.2) is 0 Å². The zero-order valence-corrected chi connectivity index (χ0v) is 12.8. The van der Waals surface area contributed by atoms with Gasteiger partial charge in [0.1, 0.15) is 0 Å². The summed E-state index contributed by atoms with van der Waals surface area (Å²) in [5, 5.41) is 0. The fourth-order valence-corrected chi connectivity index (χ4v) is 4.27. The van der Waals surface area contributed by atoms with Gasteiger partial charge in [-0.15, -0.1) is 0 Å². The van der Waals surface area contributed by atoms with E-state index in [0.29, 0.717) is 19.4 Å². The van der Waals surface area contributed by atoms with Crippen LogP contribution >= 0.6 is 0 Å². The van der Waals surface area contributed by atoms with Gasteiger partial charge >= 0.3 is 0 Å². The van der Waals surface area contributed by atoms with E-state index in [1.807, 2.05) is 34.6 Å². The zero-order chi connectivity index (χ0) is 13.5. The van der Waals surface area contributed by atoms with E-state index in [2.05, 4.69) is 0 Å². The Bertz CT molecular complexity index is 296. The Morgan fingerprint density at radius 2 is 1.71 bits per heavy atom. The first-order valence-electron chi connectivity index (χ1n) is 6.76. The van der Waals surface area contributed by atoms with Crippen molar-refractivity contribution in [3.63, 3.8) is 0 Å². The van der Waals surface area contributed by atoms with Gasteiger partial charge in [0.15, 0.2) is 0 Å². The summed E-state index contributed by atoms with van der Waals surface area (Å²) in [4.78, 5) is 0. The average Bonchev–Trinajstić information content (AvgIpc) is 2.25. The predicted octanol–water partition coefficient (Wildman–Crippen LogP) is 3.74. The maximum absolute atomic E-state index is 12.4. The van der Waals surface area contributed by atoms with Gasteiger partial charge in [-0.2, -0.15) is 8.42 Å². The molecule has 3 nitrogen and oxygen atoms in total. The SMILES string of the molecule is CCCCOS(=O)(=O)C(CC)(CCC)C(C)C. The van der Waals surface area contributed by atoms with Crippen molar-refractivity contribution < 1.29 is 12.6 Å². The summed E-state index contributed by atoms with van der Waals surface area (Å²) in [7, 11) is -3.47. The maximum Gasteiger partial charge on any atom is 0.273 e. The van der Waals surface area contributed by atoms with Gasteiger partial charge in [0, 0.05) is 0 Å². The summed E-state index contributed by atoms with van der Waals surface area (Å²) in [6, 6.07) is 0. The third kappa shape index (κ3) is 3.95. The largest absolute Gasteiger partial charge is 0.273 e. The first kappa shape index (κ1) is 16.9. The lowest BCUT2D eigenvalue weighted by Gasteiger charge is -2.35. The van der Waals surface area contributed by atoms with Gasteiger partial charge in [-0.05, 0) is 25.2 Å². The quantitative estimate of drug-likeness (QED) is 0.470. The average molecular weight is 264 g/mol. The molecular weight excluding hydrogens is 236 g/mol. The highest BCUT2D eigenvalue weighted by Gasteiger charge is 2.45. The summed E-state index contributed by atoms with van der Waals surface area (Å²) in [6.07, 6.45) is 3.90. The lowest BCUT2D eigenvalue weighted by Crippen LogP contribution is -2.44. The lowest BCUT2D eigenvalue weighted by molar-refractivity contribution is 0.261. The first-order chi connectivity index (χ1) is 7.88. The molecule has 0 rings (SSSR count). The van der Waals surface area contributed by atoms with Gasteiger partial charge < -0.3 is 0 Å². The molecular formula is C13H28O3S. The smallest absolute Gasteiger partial charge is 0.270 e. The monoisotopic (exact) mass is 264 g/mol. The minimum atomic E-state index is -3.47. The van der Waals surface area contributed by atoms with Crippen molar-refractivity contribution in [1.29, 1.82) is 0 Å². The van der Waals surface area contributed by atoms with Crippen molar-refractivity contribution in [2.45, 2.75) is 71.5 Å². The minimum Gasteiger partial charge on any atom is -0.270 e. The molecule has 0 aliphatic carbocycles. The molecule has 0 fully saturated rings. The van der Waals surface area contributed by atoms with E-state index in [1.165, 1.54) is 0 Å². The molecule has 0 heterocycles. The van der Waals surface area contributed by atoms with Gasteiger partial charge in [0.05, 0.1) is 11.4 Å². The molecule has 0 aromatic carbocycles. The second-order valence-corrected chi connectivity index (χ2v) is 6.91. The second kappa shape index (κ2) is 7.37. The van der Waals surface area contributed by atoms with Crippen LogP contribution in [-0.4, -0.2) is 19.8 Å². The van der Waals surface area contributed by atoms with Crippen LogP contribution in [-0.2, 0) is 14.3 Å². The Morgan fingerprint density at radius 3 is 2.06 bits per heavy atom. The molecule has 0 spiro atoms. The van der Waals surface area contributed by atoms with Gasteiger partial charge in [0.25, 0.3) is 10.1 Å². The molecule has 0 saturated carbocycles. The van der Waals surface area contributed by atoms with Crippen LogP contribution in [0, 0.1) is 5.92 Å². The highest BCUT2D eigenvalue weighted by atomic mass is 32.2. The van der Waals surface area contributed by atoms with Crippen molar-refractivity contribution in [2.24, 2.45) is 5.92 Å². The molecule has 1 unspecified atom stereocenters. The fraction of sp³-hybridized carbons (Fsp3) is 1.00. The Balaban J connectivity index is 5.01. The molecule has 104 valence electrons. The Labute approximate surface area is 107 Å². The fourth-order valence-electron chi connectivity index (χ4n) is 2.32. The highest BCUT2D eigenvalue weighted by Crippen LogP contribution is 2.36. The zero-order valence-electron chi connectivity index (χ0n) is 12.0. The van der Waals surface area contributed by atoms with Gasteiger partial charge in [0.2, 0.25) is 0 Å². The van der Waals surface area contributed by atoms with E-state index in [9.17, 15) is 8.42 Å². The van der Waals surface area contributed by atoms with Crippen LogP contribution in [0.2, 0.25) is 0 Å². The van der Waals surface area contributed by atoms with Crippen LogP contribution in [0.1, 0.15) is 66.7 Å². The Hall–Kier alpha value is -0.0900. The Kier molecular flexibility index (Phi) is 7.33. The minimum absolute atomic E-state index is 0.0825. The van der Waals surface area contributed by atoms with Crippen molar-refractivity contribution in [2.75, 3.05) is 6.61 Å². The van der Waals surface area contributed by atoms with Crippen LogP contribution in [0.4, 0.5) is 0 Å². The van der Waals surface area contributed by atoms with E-state index in [0.717, 1.165) is 19.3 Å². The van der Waals surface area contributed by atoms with Crippen LogP contribution in [0.25, 0.3) is 0 Å². The number of hydrogen-bond donors (Lipinski definition) is 0. The molecule has 0 saturated heterocycles. The number of rotatable bonds is 9. The molecule has 0 aliphatic rings. The molecule has 0 aliphatic heterocycles. The molecule has 4 heteroatoms. The lowest BCUT2D eigenvalue weighted by atomic mass is 9.88. The van der Waals surface area contributed by atoms with Crippen LogP contribution in [0.5, 0.6) is 0 Å². The van der Waals surface area contributed by atoms with E-state index in [-0.39, 0.29) is 5.92 Å². The molecule has 17 heavy (non-hydrogen) atoms. The van der Waals surface area contributed by atoms with Crippen molar-refractivity contribution in [1.82, 2.24) is 0 Å². The summed E-state index contributed by atoms with van der Waals surface area (Å²) < 4.78 is 29.2. The predicted molar refractivity (Wildman–Crippen MR) is 72.5 cm³/mol. The molecule has 1 atom stereocenters. The molecule has 0 aromatic rings. The molecule has 0 amide bonds. The standard InChI is InChI=1S/C13H28O3S/c1-6-9-11-16-17(14,15)13(8-3,10-7-2)12(4)5/h12H,6-11H2,1-5H3. The van der Waals surface area contributed by atoms with Gasteiger partial charge in [-0.25, -0.2) is 0 Å². The van der Waals surface area contributed by atoms with Gasteiger partial charge in [-0.3, -0.25) is 4.18 Å². The molecule has 0 bridgehead atoms. The van der Waals surface area contributed by atoms with Crippen molar-refractivity contribution in [3.8, 4) is 0 Å². The molecule has 0 N–H and O–H groups in total. The second-order valence-electron chi connectivity index (χ2n) is 4.95. The normalized spacial score (nSPS) is 16.1. The van der Waals surface area contributed by atoms with Crippen molar-refractivity contribution in [3.05, 3.63) is 0 Å². The van der Waals surface area contributed by atoms with E-state index < -0.39 is 14.9 Å². The summed E-state index contributed by atoms with van der Waals surface area (Å²) in [5.41, 5.74) is 0.